The molecule has 0 spiro atoms. The van der Waals surface area contributed by atoms with Crippen LogP contribution in [0, 0.1) is 0 Å². The third kappa shape index (κ3) is 2.54. The first-order chi connectivity index (χ1) is 11.7. The van der Waals surface area contributed by atoms with E-state index in [9.17, 15) is 4.79 Å². The lowest BCUT2D eigenvalue weighted by Crippen LogP contribution is -2.09. The van der Waals surface area contributed by atoms with Crippen LogP contribution in [0.5, 0.6) is 0 Å². The summed E-state index contributed by atoms with van der Waals surface area (Å²) in [6.45, 7) is 1.51. The van der Waals surface area contributed by atoms with Crippen LogP contribution in [0.1, 0.15) is 24.1 Å². The molecule has 0 aliphatic heterocycles. The number of carbonyl (C=O) groups is 1. The average Bonchev–Trinajstić information content (AvgIpc) is 2.91. The average molecular weight is 314 g/mol. The summed E-state index contributed by atoms with van der Waals surface area (Å²) >= 11 is 0. The number of anilines is 2. The zero-order valence-electron chi connectivity index (χ0n) is 13.4. The van der Waals surface area contributed by atoms with Crippen LogP contribution in [0.15, 0.2) is 72.8 Å². The van der Waals surface area contributed by atoms with Gasteiger partial charge in [0.05, 0.1) is 6.04 Å². The van der Waals surface area contributed by atoms with Gasteiger partial charge >= 0.3 is 0 Å². The highest BCUT2D eigenvalue weighted by Gasteiger charge is 2.27. The maximum Gasteiger partial charge on any atom is 0.221 e. The second-order valence-electron chi connectivity index (χ2n) is 6.01. The first-order valence-electron chi connectivity index (χ1n) is 8.05. The van der Waals surface area contributed by atoms with E-state index < -0.39 is 0 Å². The Morgan fingerprint density at radius 1 is 0.750 bits per heavy atom. The van der Waals surface area contributed by atoms with Crippen molar-refractivity contribution in [3.05, 3.63) is 83.9 Å². The third-order valence-corrected chi connectivity index (χ3v) is 4.35. The molecule has 0 saturated heterocycles. The minimum Gasteiger partial charge on any atom is -0.374 e. The number of carbonyl (C=O) groups excluding carboxylic acids is 1. The van der Waals surface area contributed by atoms with Crippen molar-refractivity contribution in [2.75, 3.05) is 10.6 Å². The number of rotatable bonds is 3. The smallest absolute Gasteiger partial charge is 0.221 e. The number of hydrogen-bond acceptors (Lipinski definition) is 2. The Hall–Kier alpha value is -3.07. The minimum absolute atomic E-state index is 0.0608. The molecule has 0 heterocycles. The topological polar surface area (TPSA) is 41.1 Å². The molecule has 0 atom stereocenters. The van der Waals surface area contributed by atoms with Crippen molar-refractivity contribution in [2.45, 2.75) is 13.0 Å². The Kier molecular flexibility index (Phi) is 3.54. The molecule has 3 aromatic carbocycles. The van der Waals surface area contributed by atoms with Crippen molar-refractivity contribution in [3.63, 3.8) is 0 Å². The molecule has 2 N–H and O–H groups in total. The molecule has 118 valence electrons. The van der Waals surface area contributed by atoms with E-state index in [1.807, 2.05) is 24.3 Å². The number of nitrogens with one attached hydrogen (secondary N) is 2. The second kappa shape index (κ2) is 5.85. The molecule has 0 fully saturated rings. The molecule has 0 unspecified atom stereocenters. The van der Waals surface area contributed by atoms with Gasteiger partial charge < -0.3 is 10.6 Å². The summed E-state index contributed by atoms with van der Waals surface area (Å²) in [5.41, 5.74) is 7.01. The van der Waals surface area contributed by atoms with Gasteiger partial charge in [-0.15, -0.1) is 0 Å². The Labute approximate surface area is 141 Å². The van der Waals surface area contributed by atoms with Crippen molar-refractivity contribution < 1.29 is 4.79 Å². The fraction of sp³-hybridized carbons (Fsp3) is 0.0952. The van der Waals surface area contributed by atoms with Crippen LogP contribution in [-0.2, 0) is 4.79 Å². The molecule has 24 heavy (non-hydrogen) atoms. The van der Waals surface area contributed by atoms with Crippen LogP contribution in [0.3, 0.4) is 0 Å². The van der Waals surface area contributed by atoms with Crippen molar-refractivity contribution in [1.82, 2.24) is 0 Å². The maximum absolute atomic E-state index is 11.1. The number of amides is 1. The van der Waals surface area contributed by atoms with E-state index in [2.05, 4.69) is 59.2 Å². The van der Waals surface area contributed by atoms with E-state index in [0.29, 0.717) is 0 Å². The van der Waals surface area contributed by atoms with Crippen LogP contribution in [0.25, 0.3) is 11.1 Å². The third-order valence-electron chi connectivity index (χ3n) is 4.35. The molecule has 1 aliphatic carbocycles. The zero-order chi connectivity index (χ0) is 16.5. The first-order valence-corrected chi connectivity index (χ1v) is 8.05. The summed E-state index contributed by atoms with van der Waals surface area (Å²) in [6.07, 6.45) is 0. The van der Waals surface area contributed by atoms with Gasteiger partial charge in [-0.25, -0.2) is 0 Å². The quantitative estimate of drug-likeness (QED) is 0.727. The fourth-order valence-electron chi connectivity index (χ4n) is 3.33. The van der Waals surface area contributed by atoms with E-state index in [1.165, 1.54) is 29.2 Å². The molecule has 0 radical (unpaired) electrons. The van der Waals surface area contributed by atoms with Crippen molar-refractivity contribution in [1.29, 1.82) is 0 Å². The van der Waals surface area contributed by atoms with Gasteiger partial charge in [-0.05, 0) is 46.5 Å². The van der Waals surface area contributed by atoms with Crippen molar-refractivity contribution >= 4 is 17.3 Å². The predicted octanol–water partition coefficient (Wildman–Crippen LogP) is 4.83. The summed E-state index contributed by atoms with van der Waals surface area (Å²) in [6, 6.07) is 25.0. The van der Waals surface area contributed by atoms with Gasteiger partial charge in [-0.2, -0.15) is 0 Å². The maximum atomic E-state index is 11.1. The Morgan fingerprint density at radius 2 is 1.25 bits per heavy atom. The molecule has 3 aromatic rings. The van der Waals surface area contributed by atoms with Crippen LogP contribution >= 0.6 is 0 Å². The lowest BCUT2D eigenvalue weighted by molar-refractivity contribution is -0.114. The Morgan fingerprint density at radius 3 is 1.79 bits per heavy atom. The number of fused-ring (bicyclic) bond motifs is 3. The highest BCUT2D eigenvalue weighted by molar-refractivity contribution is 5.88. The highest BCUT2D eigenvalue weighted by atomic mass is 16.1. The summed E-state index contributed by atoms with van der Waals surface area (Å²) in [4.78, 5) is 11.1. The molecular weight excluding hydrogens is 296 g/mol. The van der Waals surface area contributed by atoms with Gasteiger partial charge in [0.1, 0.15) is 0 Å². The monoisotopic (exact) mass is 314 g/mol. The van der Waals surface area contributed by atoms with E-state index in [-0.39, 0.29) is 11.9 Å². The van der Waals surface area contributed by atoms with Gasteiger partial charge in [0.2, 0.25) is 5.91 Å². The van der Waals surface area contributed by atoms with Crippen LogP contribution in [-0.4, -0.2) is 5.91 Å². The van der Waals surface area contributed by atoms with Crippen LogP contribution < -0.4 is 10.6 Å². The molecule has 0 aromatic heterocycles. The summed E-state index contributed by atoms with van der Waals surface area (Å²) < 4.78 is 0. The van der Waals surface area contributed by atoms with Gasteiger partial charge in [-0.3, -0.25) is 4.79 Å². The van der Waals surface area contributed by atoms with E-state index in [0.717, 1.165) is 11.4 Å². The van der Waals surface area contributed by atoms with Gasteiger partial charge in [0.15, 0.2) is 0 Å². The predicted molar refractivity (Wildman–Crippen MR) is 98.1 cm³/mol. The van der Waals surface area contributed by atoms with Gasteiger partial charge in [0, 0.05) is 18.3 Å². The normalized spacial score (nSPS) is 12.4. The molecule has 0 saturated carbocycles. The number of hydrogen-bond donors (Lipinski definition) is 2. The van der Waals surface area contributed by atoms with E-state index in [1.54, 1.807) is 0 Å². The highest BCUT2D eigenvalue weighted by Crippen LogP contribution is 2.44. The fourth-order valence-corrected chi connectivity index (χ4v) is 3.33. The van der Waals surface area contributed by atoms with Gasteiger partial charge in [0.25, 0.3) is 0 Å². The van der Waals surface area contributed by atoms with Crippen molar-refractivity contribution in [3.8, 4) is 11.1 Å². The molecule has 3 heteroatoms. The molecule has 4 rings (SSSR count). The molecule has 0 bridgehead atoms. The Balaban J connectivity index is 1.66. The lowest BCUT2D eigenvalue weighted by atomic mass is 10.1. The molecule has 1 amide bonds. The molecular formula is C21H18N2O. The van der Waals surface area contributed by atoms with E-state index >= 15 is 0 Å². The summed E-state index contributed by atoms with van der Waals surface area (Å²) in [5, 5.41) is 6.41. The van der Waals surface area contributed by atoms with Crippen molar-refractivity contribution in [2.24, 2.45) is 0 Å². The zero-order valence-corrected chi connectivity index (χ0v) is 13.4. The molecule has 1 aliphatic rings. The first kappa shape index (κ1) is 14.5. The lowest BCUT2D eigenvalue weighted by Gasteiger charge is -2.17. The van der Waals surface area contributed by atoms with Crippen LogP contribution in [0.2, 0.25) is 0 Å². The summed E-state index contributed by atoms with van der Waals surface area (Å²) in [5.74, 6) is -0.0608. The van der Waals surface area contributed by atoms with Gasteiger partial charge in [-0.1, -0.05) is 48.5 Å². The standard InChI is InChI=1S/C21H18N2O/c1-14(24)22-15-10-12-16(13-11-15)23-21-19-8-4-2-6-17(19)18-7-3-5-9-20(18)21/h2-13,21,23H,1H3,(H,22,24). The minimum atomic E-state index is -0.0608. The summed E-state index contributed by atoms with van der Waals surface area (Å²) in [7, 11) is 0. The SMILES string of the molecule is CC(=O)Nc1ccc(NC2c3ccccc3-c3ccccc32)cc1. The Bertz CT molecular complexity index is 854. The largest absolute Gasteiger partial charge is 0.374 e. The van der Waals surface area contributed by atoms with Crippen LogP contribution in [0.4, 0.5) is 11.4 Å². The second-order valence-corrected chi connectivity index (χ2v) is 6.01. The number of benzene rings is 3. The van der Waals surface area contributed by atoms with E-state index in [4.69, 9.17) is 0 Å². The molecule has 3 nitrogen and oxygen atoms in total.